The Balaban J connectivity index is 1.19. The average molecular weight is 674 g/mol. The summed E-state index contributed by atoms with van der Waals surface area (Å²) in [5, 5.41) is 15.5. The van der Waals surface area contributed by atoms with Gasteiger partial charge in [-0.25, -0.2) is 8.78 Å². The van der Waals surface area contributed by atoms with Crippen molar-refractivity contribution in [1.82, 2.24) is 20.2 Å². The molecule has 0 amide bonds. The van der Waals surface area contributed by atoms with Crippen molar-refractivity contribution in [2.45, 2.75) is 62.1 Å². The van der Waals surface area contributed by atoms with Crippen molar-refractivity contribution >= 4 is 54.7 Å². The number of halogens is 3. The summed E-state index contributed by atoms with van der Waals surface area (Å²) < 4.78 is 37.9. The molecule has 1 aliphatic carbocycles. The van der Waals surface area contributed by atoms with Crippen LogP contribution in [0.2, 0.25) is 5.02 Å². The van der Waals surface area contributed by atoms with Gasteiger partial charge in [-0.05, 0) is 80.7 Å². The molecule has 4 aromatic rings. The molecule has 3 N–H and O–H groups in total. The summed E-state index contributed by atoms with van der Waals surface area (Å²) in [7, 11) is 0. The number of nitrogen functional groups attached to an aromatic ring is 1. The van der Waals surface area contributed by atoms with E-state index in [2.05, 4.69) is 21.2 Å². The largest absolute Gasteiger partial charge is 0.461 e. The highest BCUT2D eigenvalue weighted by Crippen LogP contribution is 2.50. The fourth-order valence-corrected chi connectivity index (χ4v) is 10.3. The molecule has 242 valence electrons. The van der Waals surface area contributed by atoms with Crippen LogP contribution in [0.3, 0.4) is 0 Å². The number of fused-ring (bicyclic) bond motifs is 5. The second kappa shape index (κ2) is 10.7. The van der Waals surface area contributed by atoms with E-state index in [1.54, 1.807) is 12.1 Å². The van der Waals surface area contributed by atoms with Crippen LogP contribution in [0.4, 0.5) is 19.6 Å². The number of hydrogen-bond acceptors (Lipinski definition) is 9. The first-order valence-electron chi connectivity index (χ1n) is 16.4. The third-order valence-corrected chi connectivity index (χ3v) is 12.6. The van der Waals surface area contributed by atoms with E-state index in [1.165, 1.54) is 24.2 Å². The minimum atomic E-state index is -0.596. The fraction of sp³-hybridized carbons (Fsp3) is 0.457. The van der Waals surface area contributed by atoms with Crippen LogP contribution in [0.1, 0.15) is 50.5 Å². The molecule has 4 saturated heterocycles. The molecule has 0 spiro atoms. The molecule has 6 heterocycles. The number of rotatable bonds is 6. The minimum absolute atomic E-state index is 0.0218. The van der Waals surface area contributed by atoms with Crippen LogP contribution in [0.15, 0.2) is 36.2 Å². The van der Waals surface area contributed by atoms with Crippen molar-refractivity contribution in [3.8, 4) is 23.2 Å². The normalized spacial score (nSPS) is 28.1. The predicted molar refractivity (Wildman–Crippen MR) is 181 cm³/mol. The summed E-state index contributed by atoms with van der Waals surface area (Å²) in [4.78, 5) is 14.2. The van der Waals surface area contributed by atoms with E-state index >= 15 is 4.39 Å². The van der Waals surface area contributed by atoms with Crippen molar-refractivity contribution in [3.05, 3.63) is 52.6 Å². The molecular weight excluding hydrogens is 640 g/mol. The van der Waals surface area contributed by atoms with Crippen molar-refractivity contribution in [2.75, 3.05) is 43.4 Å². The van der Waals surface area contributed by atoms with Crippen LogP contribution >= 0.6 is 22.9 Å². The first kappa shape index (κ1) is 29.6. The summed E-state index contributed by atoms with van der Waals surface area (Å²) in [6.45, 7) is 3.27. The van der Waals surface area contributed by atoms with E-state index in [1.807, 2.05) is 12.1 Å². The molecular formula is C35H34ClF2N7OS. The lowest BCUT2D eigenvalue weighted by Gasteiger charge is -2.42. The maximum Gasteiger partial charge on any atom is 0.319 e. The van der Waals surface area contributed by atoms with Crippen LogP contribution in [0.25, 0.3) is 32.1 Å². The van der Waals surface area contributed by atoms with Crippen molar-refractivity contribution < 1.29 is 13.5 Å². The van der Waals surface area contributed by atoms with E-state index in [0.29, 0.717) is 57.6 Å². The average Bonchev–Trinajstić information content (AvgIpc) is 3.53. The molecule has 0 unspecified atom stereocenters. The van der Waals surface area contributed by atoms with Gasteiger partial charge < -0.3 is 20.7 Å². The SMILES string of the molecule is N#Cc1c(N)sc2cccc(-c3c(Cl)cc4c(N5C[C@@H]6CC[C@](C7CC7)(C5)N6)nc(OC[C@@]56CCCN5C/C(=C/F)C6)nc4c3F)c12. The number of benzene rings is 2. The highest BCUT2D eigenvalue weighted by Gasteiger charge is 2.53. The minimum Gasteiger partial charge on any atom is -0.461 e. The molecule has 5 aliphatic rings. The first-order chi connectivity index (χ1) is 22.8. The van der Waals surface area contributed by atoms with Gasteiger partial charge in [-0.3, -0.25) is 4.90 Å². The number of nitrogens with one attached hydrogen (secondary N) is 1. The topological polar surface area (TPSA) is 103 Å². The van der Waals surface area contributed by atoms with Crippen molar-refractivity contribution in [1.29, 1.82) is 5.26 Å². The Kier molecular flexibility index (Phi) is 6.75. The highest BCUT2D eigenvalue weighted by molar-refractivity contribution is 7.23. The molecule has 0 radical (unpaired) electrons. The zero-order chi connectivity index (χ0) is 32.1. The maximum atomic E-state index is 17.1. The molecule has 1 saturated carbocycles. The second-order valence-electron chi connectivity index (χ2n) is 14.1. The van der Waals surface area contributed by atoms with Gasteiger partial charge in [0.1, 0.15) is 29.0 Å². The number of hydrogen-bond donors (Lipinski definition) is 2. The number of aromatic nitrogens is 2. The van der Waals surface area contributed by atoms with Crippen LogP contribution < -0.4 is 20.7 Å². The number of thiophene rings is 1. The lowest BCUT2D eigenvalue weighted by Crippen LogP contribution is -2.61. The Morgan fingerprint density at radius 2 is 2.13 bits per heavy atom. The Morgan fingerprint density at radius 1 is 1.26 bits per heavy atom. The van der Waals surface area contributed by atoms with E-state index in [0.717, 1.165) is 61.9 Å². The third kappa shape index (κ3) is 4.55. The number of nitriles is 1. The molecule has 2 aromatic carbocycles. The zero-order valence-electron chi connectivity index (χ0n) is 25.8. The third-order valence-electron chi connectivity index (χ3n) is 11.3. The summed E-state index contributed by atoms with van der Waals surface area (Å²) in [5.74, 6) is 0.649. The van der Waals surface area contributed by atoms with Crippen molar-refractivity contribution in [2.24, 2.45) is 5.92 Å². The van der Waals surface area contributed by atoms with E-state index < -0.39 is 5.82 Å². The number of nitrogens with zero attached hydrogens (tertiary/aromatic N) is 5. The second-order valence-corrected chi connectivity index (χ2v) is 15.6. The molecule has 12 heteroatoms. The molecule has 9 rings (SSSR count). The van der Waals surface area contributed by atoms with Crippen LogP contribution in [-0.4, -0.2) is 64.8 Å². The van der Waals surface area contributed by atoms with Gasteiger partial charge in [-0.1, -0.05) is 23.7 Å². The monoisotopic (exact) mass is 673 g/mol. The Labute approximate surface area is 280 Å². The van der Waals surface area contributed by atoms with Gasteiger partial charge in [0.05, 0.1) is 22.5 Å². The Hall–Kier alpha value is -3.56. The zero-order valence-corrected chi connectivity index (χ0v) is 27.4. The molecule has 3 atom stereocenters. The summed E-state index contributed by atoms with van der Waals surface area (Å²) in [6.07, 6.45) is 7.85. The van der Waals surface area contributed by atoms with Crippen LogP contribution in [-0.2, 0) is 0 Å². The van der Waals surface area contributed by atoms with Crippen LogP contribution in [0, 0.1) is 23.1 Å². The standard InChI is InChI=1S/C35H34ClF2N7OS/c36-25-11-23-30(29(38)28(25)22-3-1-4-26-27(22)24(14-39)31(40)47-26)41-33(46-18-34-8-2-10-45(34)15-19(12-34)13-37)42-32(23)44-16-21-7-9-35(17-44,43-21)20-5-6-20/h1,3-4,11,13,20-21,43H,2,5-10,12,15-18,40H2/b19-13+/t21-,34-,35+/m0/s1. The van der Waals surface area contributed by atoms with Gasteiger partial charge in [-0.15, -0.1) is 11.3 Å². The summed E-state index contributed by atoms with van der Waals surface area (Å²) >= 11 is 8.27. The van der Waals surface area contributed by atoms with Gasteiger partial charge in [-0.2, -0.15) is 15.2 Å². The smallest absolute Gasteiger partial charge is 0.319 e. The molecule has 2 aromatic heterocycles. The van der Waals surface area contributed by atoms with Gasteiger partial charge >= 0.3 is 6.01 Å². The predicted octanol–water partition coefficient (Wildman–Crippen LogP) is 6.95. The lowest BCUT2D eigenvalue weighted by molar-refractivity contribution is 0.108. The number of anilines is 2. The molecule has 5 fully saturated rings. The first-order valence-corrected chi connectivity index (χ1v) is 17.6. The molecule has 4 aliphatic heterocycles. The van der Waals surface area contributed by atoms with Gasteiger partial charge in [0, 0.05) is 52.3 Å². The lowest BCUT2D eigenvalue weighted by atomic mass is 9.90. The quantitative estimate of drug-likeness (QED) is 0.227. The Bertz CT molecular complexity index is 2040. The van der Waals surface area contributed by atoms with Gasteiger partial charge in [0.2, 0.25) is 0 Å². The summed E-state index contributed by atoms with van der Waals surface area (Å²) in [5.41, 5.74) is 7.74. The van der Waals surface area contributed by atoms with E-state index in [-0.39, 0.29) is 39.8 Å². The number of nitrogens with two attached hydrogens (primary N) is 1. The van der Waals surface area contributed by atoms with E-state index in [4.69, 9.17) is 32.0 Å². The maximum absolute atomic E-state index is 17.1. The number of piperazine rings is 1. The molecule has 2 bridgehead atoms. The van der Waals surface area contributed by atoms with Crippen LogP contribution in [0.5, 0.6) is 6.01 Å². The van der Waals surface area contributed by atoms with Gasteiger partial charge in [0.25, 0.3) is 0 Å². The fourth-order valence-electron chi connectivity index (χ4n) is 9.01. The molecule has 8 nitrogen and oxygen atoms in total. The molecule has 47 heavy (non-hydrogen) atoms. The highest BCUT2D eigenvalue weighted by atomic mass is 35.5. The summed E-state index contributed by atoms with van der Waals surface area (Å²) in [6, 6.07) is 9.82. The number of ether oxygens (including phenoxy) is 1. The Morgan fingerprint density at radius 3 is 2.94 bits per heavy atom. The van der Waals surface area contributed by atoms with Gasteiger partial charge in [0.15, 0.2) is 5.82 Å². The van der Waals surface area contributed by atoms with E-state index in [9.17, 15) is 9.65 Å². The van der Waals surface area contributed by atoms with Crippen molar-refractivity contribution in [3.63, 3.8) is 0 Å².